The molecule has 0 bridgehead atoms. The van der Waals surface area contributed by atoms with Crippen LogP contribution in [0.5, 0.6) is 11.6 Å². The van der Waals surface area contributed by atoms with E-state index in [9.17, 15) is 13.2 Å². The molecule has 1 atom stereocenters. The lowest BCUT2D eigenvalue weighted by Gasteiger charge is -2.24. The highest BCUT2D eigenvalue weighted by Crippen LogP contribution is 2.34. The van der Waals surface area contributed by atoms with E-state index in [0.29, 0.717) is 23.7 Å². The minimum Gasteiger partial charge on any atom is -0.437 e. The second-order valence-electron chi connectivity index (χ2n) is 7.98. The van der Waals surface area contributed by atoms with Crippen LogP contribution in [0.3, 0.4) is 0 Å². The Morgan fingerprint density at radius 1 is 1.09 bits per heavy atom. The Kier molecular flexibility index (Phi) is 5.35. The first-order valence-electron chi connectivity index (χ1n) is 10.5. The van der Waals surface area contributed by atoms with Gasteiger partial charge >= 0.3 is 6.18 Å². The first-order valence-corrected chi connectivity index (χ1v) is 10.5. The van der Waals surface area contributed by atoms with Gasteiger partial charge in [0.2, 0.25) is 5.88 Å². The molecule has 5 rings (SSSR count). The number of oxime groups is 1. The van der Waals surface area contributed by atoms with Gasteiger partial charge in [0, 0.05) is 29.7 Å². The number of aromatic nitrogens is 3. The molecule has 3 heterocycles. The number of halogens is 3. The number of hydrogen-bond donors (Lipinski definition) is 1. The van der Waals surface area contributed by atoms with Crippen molar-refractivity contribution in [2.75, 3.05) is 6.61 Å². The quantitative estimate of drug-likeness (QED) is 0.452. The summed E-state index contributed by atoms with van der Waals surface area (Å²) in [5.41, 5.74) is 2.31. The molecule has 1 N–H and O–H groups in total. The highest BCUT2D eigenvalue weighted by Gasteiger charge is 2.31. The van der Waals surface area contributed by atoms with E-state index >= 15 is 0 Å². The lowest BCUT2D eigenvalue weighted by atomic mass is 10.1. The standard InChI is InChI=1S/C24H20F3N5O2/c1-14-10-18(23(30-29-14)34-16-7-5-6-15(11-16)24(25,26)27)22-28-20(13-33-31-22)19-12-32(2)21-9-4-3-8-17(19)21/h3-12,20H,13H2,1-2H3,(H,28,31). The number of alkyl halides is 3. The third-order valence-electron chi connectivity index (χ3n) is 5.52. The summed E-state index contributed by atoms with van der Waals surface area (Å²) in [6.45, 7) is 2.05. The van der Waals surface area contributed by atoms with E-state index in [1.165, 1.54) is 12.1 Å². The SMILES string of the molecule is Cc1cc(C2=NOCC(c3cn(C)c4ccccc34)N2)c(Oc2cccc(C(F)(F)F)c2)nn1. The van der Waals surface area contributed by atoms with Crippen LogP contribution in [0.2, 0.25) is 0 Å². The van der Waals surface area contributed by atoms with Gasteiger partial charge in [-0.05, 0) is 37.3 Å². The van der Waals surface area contributed by atoms with E-state index in [-0.39, 0.29) is 17.7 Å². The van der Waals surface area contributed by atoms with Crippen molar-refractivity contribution in [1.29, 1.82) is 0 Å². The van der Waals surface area contributed by atoms with Gasteiger partial charge in [0.15, 0.2) is 5.84 Å². The van der Waals surface area contributed by atoms with Gasteiger partial charge in [0.05, 0.1) is 22.9 Å². The summed E-state index contributed by atoms with van der Waals surface area (Å²) in [6, 6.07) is 14.1. The molecule has 1 aliphatic rings. The Morgan fingerprint density at radius 2 is 1.91 bits per heavy atom. The number of para-hydroxylation sites is 1. The first-order chi connectivity index (χ1) is 16.3. The maximum atomic E-state index is 13.1. The molecule has 0 amide bonds. The third kappa shape index (κ3) is 4.14. The van der Waals surface area contributed by atoms with Crippen molar-refractivity contribution in [1.82, 2.24) is 20.1 Å². The Balaban J connectivity index is 1.47. The van der Waals surface area contributed by atoms with Crippen LogP contribution in [0.4, 0.5) is 13.2 Å². The number of aryl methyl sites for hydroxylation is 2. The van der Waals surface area contributed by atoms with Crippen LogP contribution in [0.25, 0.3) is 10.9 Å². The molecular weight excluding hydrogens is 447 g/mol. The van der Waals surface area contributed by atoms with Crippen LogP contribution in [0, 0.1) is 6.92 Å². The number of benzene rings is 2. The largest absolute Gasteiger partial charge is 0.437 e. The lowest BCUT2D eigenvalue weighted by Crippen LogP contribution is -2.36. The number of nitrogens with one attached hydrogen (secondary N) is 1. The van der Waals surface area contributed by atoms with E-state index in [2.05, 4.69) is 20.7 Å². The Bertz CT molecular complexity index is 1400. The van der Waals surface area contributed by atoms with Gasteiger partial charge in [0.1, 0.15) is 12.4 Å². The maximum Gasteiger partial charge on any atom is 0.416 e. The molecule has 0 saturated carbocycles. The predicted molar refractivity (Wildman–Crippen MR) is 120 cm³/mol. The molecule has 174 valence electrons. The molecule has 1 unspecified atom stereocenters. The molecule has 2 aromatic carbocycles. The lowest BCUT2D eigenvalue weighted by molar-refractivity contribution is -0.137. The minimum absolute atomic E-state index is 0.0124. The Hall–Kier alpha value is -4.08. The second-order valence-corrected chi connectivity index (χ2v) is 7.98. The van der Waals surface area contributed by atoms with Gasteiger partial charge in [0.25, 0.3) is 0 Å². The number of nitrogens with zero attached hydrogens (tertiary/aromatic N) is 4. The normalized spacial score (nSPS) is 16.0. The van der Waals surface area contributed by atoms with Crippen LogP contribution in [-0.2, 0) is 18.1 Å². The van der Waals surface area contributed by atoms with E-state index in [1.54, 1.807) is 13.0 Å². The molecule has 2 aromatic heterocycles. The first kappa shape index (κ1) is 21.7. The monoisotopic (exact) mass is 467 g/mol. The summed E-state index contributed by atoms with van der Waals surface area (Å²) >= 11 is 0. The molecule has 0 saturated heterocycles. The fourth-order valence-electron chi connectivity index (χ4n) is 3.92. The summed E-state index contributed by atoms with van der Waals surface area (Å²) in [7, 11) is 1.97. The van der Waals surface area contributed by atoms with Crippen molar-refractivity contribution in [2.24, 2.45) is 12.2 Å². The van der Waals surface area contributed by atoms with Gasteiger partial charge in [-0.15, -0.1) is 5.10 Å². The topological polar surface area (TPSA) is 73.6 Å². The van der Waals surface area contributed by atoms with E-state index < -0.39 is 11.7 Å². The Morgan fingerprint density at radius 3 is 2.74 bits per heavy atom. The number of ether oxygens (including phenoxy) is 1. The zero-order valence-electron chi connectivity index (χ0n) is 18.3. The van der Waals surface area contributed by atoms with Crippen LogP contribution in [-0.4, -0.2) is 27.2 Å². The van der Waals surface area contributed by atoms with Crippen LogP contribution < -0.4 is 10.1 Å². The van der Waals surface area contributed by atoms with E-state index in [0.717, 1.165) is 28.6 Å². The number of fused-ring (bicyclic) bond motifs is 1. The van der Waals surface area contributed by atoms with E-state index in [4.69, 9.17) is 9.57 Å². The van der Waals surface area contributed by atoms with Gasteiger partial charge < -0.3 is 19.5 Å². The van der Waals surface area contributed by atoms with Gasteiger partial charge in [-0.25, -0.2) is 0 Å². The van der Waals surface area contributed by atoms with Crippen LogP contribution >= 0.6 is 0 Å². The summed E-state index contributed by atoms with van der Waals surface area (Å²) in [5, 5.41) is 16.6. The highest BCUT2D eigenvalue weighted by molar-refractivity contribution is 6.01. The van der Waals surface area contributed by atoms with Crippen molar-refractivity contribution in [3.63, 3.8) is 0 Å². The van der Waals surface area contributed by atoms with Crippen molar-refractivity contribution >= 4 is 16.7 Å². The average molecular weight is 467 g/mol. The summed E-state index contributed by atoms with van der Waals surface area (Å²) in [6.07, 6.45) is -2.46. The summed E-state index contributed by atoms with van der Waals surface area (Å²) in [5.74, 6) is 0.347. The number of rotatable bonds is 4. The van der Waals surface area contributed by atoms with Crippen LogP contribution in [0.15, 0.2) is 65.9 Å². The molecule has 34 heavy (non-hydrogen) atoms. The van der Waals surface area contributed by atoms with E-state index in [1.807, 2.05) is 42.1 Å². The third-order valence-corrected chi connectivity index (χ3v) is 5.52. The zero-order chi connectivity index (χ0) is 23.9. The summed E-state index contributed by atoms with van der Waals surface area (Å²) < 4.78 is 47.1. The average Bonchev–Trinajstić information content (AvgIpc) is 3.17. The molecule has 4 aromatic rings. The second kappa shape index (κ2) is 8.36. The predicted octanol–water partition coefficient (Wildman–Crippen LogP) is 5.11. The number of amidine groups is 1. The van der Waals surface area contributed by atoms with Gasteiger partial charge in [-0.2, -0.15) is 18.3 Å². The maximum absolute atomic E-state index is 13.1. The fraction of sp³-hybridized carbons (Fsp3) is 0.208. The minimum atomic E-state index is -4.49. The number of hydrogen-bond acceptors (Lipinski definition) is 6. The smallest absolute Gasteiger partial charge is 0.416 e. The highest BCUT2D eigenvalue weighted by atomic mass is 19.4. The van der Waals surface area contributed by atoms with Crippen molar-refractivity contribution in [2.45, 2.75) is 19.1 Å². The molecule has 0 fully saturated rings. The van der Waals surface area contributed by atoms with Crippen molar-refractivity contribution in [3.8, 4) is 11.6 Å². The Labute approximate surface area is 192 Å². The molecule has 1 aliphatic heterocycles. The molecule has 0 aliphatic carbocycles. The van der Waals surface area contributed by atoms with Gasteiger partial charge in [-0.3, -0.25) is 0 Å². The molecule has 0 spiro atoms. The molecular formula is C24H20F3N5O2. The summed E-state index contributed by atoms with van der Waals surface area (Å²) in [4.78, 5) is 5.53. The molecule has 10 heteroatoms. The van der Waals surface area contributed by atoms with Crippen LogP contribution in [0.1, 0.15) is 28.4 Å². The van der Waals surface area contributed by atoms with Crippen molar-refractivity contribution in [3.05, 3.63) is 83.2 Å². The molecule has 7 nitrogen and oxygen atoms in total. The zero-order valence-corrected chi connectivity index (χ0v) is 18.3. The van der Waals surface area contributed by atoms with Gasteiger partial charge in [-0.1, -0.05) is 29.4 Å². The van der Waals surface area contributed by atoms with Crippen molar-refractivity contribution < 1.29 is 22.7 Å². The fourth-order valence-corrected chi connectivity index (χ4v) is 3.92. The molecule has 0 radical (unpaired) electrons.